The van der Waals surface area contributed by atoms with Gasteiger partial charge in [-0.15, -0.1) is 11.6 Å². The van der Waals surface area contributed by atoms with Crippen LogP contribution >= 0.6 is 11.6 Å². The van der Waals surface area contributed by atoms with Crippen LogP contribution in [0.25, 0.3) is 0 Å². The van der Waals surface area contributed by atoms with Gasteiger partial charge in [0.25, 0.3) is 0 Å². The van der Waals surface area contributed by atoms with Crippen molar-refractivity contribution in [2.75, 3.05) is 19.6 Å². The van der Waals surface area contributed by atoms with Crippen molar-refractivity contribution in [3.63, 3.8) is 0 Å². The van der Waals surface area contributed by atoms with E-state index in [1.54, 1.807) is 13.0 Å². The van der Waals surface area contributed by atoms with E-state index >= 15 is 0 Å². The fourth-order valence-corrected chi connectivity index (χ4v) is 1.81. The largest absolute Gasteiger partial charge is 0.492 e. The minimum Gasteiger partial charge on any atom is -0.492 e. The van der Waals surface area contributed by atoms with Crippen molar-refractivity contribution >= 4 is 17.7 Å². The van der Waals surface area contributed by atoms with Crippen molar-refractivity contribution in [1.29, 1.82) is 0 Å². The molecule has 0 atom stereocenters. The summed E-state index contributed by atoms with van der Waals surface area (Å²) in [5.74, 6) is 2.06. The lowest BCUT2D eigenvalue weighted by Crippen LogP contribution is -2.17. The normalized spacial score (nSPS) is 10.1. The monoisotopic (exact) mass is 287 g/mol. The predicted octanol–water partition coefficient (Wildman–Crippen LogP) is 2.78. The number of carbonyl (C=O) groups excluding carboxylic acids is 1. The molecule has 106 valence electrons. The van der Waals surface area contributed by atoms with Crippen molar-refractivity contribution in [1.82, 2.24) is 0 Å². The number of alkyl halides is 1. The Bertz CT molecular complexity index is 462. The van der Waals surface area contributed by atoms with Crippen LogP contribution in [0.1, 0.15) is 17.5 Å². The van der Waals surface area contributed by atoms with E-state index in [1.807, 2.05) is 6.92 Å². The first kappa shape index (κ1) is 15.4. The van der Waals surface area contributed by atoms with E-state index in [0.29, 0.717) is 35.3 Å². The van der Waals surface area contributed by atoms with E-state index in [4.69, 9.17) is 31.5 Å². The molecule has 6 heteroatoms. The summed E-state index contributed by atoms with van der Waals surface area (Å²) in [7, 11) is 1.53. The maximum absolute atomic E-state index is 10.8. The zero-order chi connectivity index (χ0) is 14.4. The summed E-state index contributed by atoms with van der Waals surface area (Å²) in [6, 6.07) is 1.69. The van der Waals surface area contributed by atoms with Gasteiger partial charge < -0.3 is 19.9 Å². The quantitative estimate of drug-likeness (QED) is 0.645. The summed E-state index contributed by atoms with van der Waals surface area (Å²) < 4.78 is 15.9. The summed E-state index contributed by atoms with van der Waals surface area (Å²) in [5.41, 5.74) is 6.48. The molecule has 1 amide bonds. The number of halogens is 1. The number of carbonyl (C=O) groups is 1. The number of ether oxygens (including phenoxy) is 3. The number of hydrogen-bond acceptors (Lipinski definition) is 4. The Morgan fingerprint density at radius 2 is 2.05 bits per heavy atom. The van der Waals surface area contributed by atoms with Crippen LogP contribution in [0.2, 0.25) is 0 Å². The molecule has 0 spiro atoms. The first-order chi connectivity index (χ1) is 9.01. The fourth-order valence-electron chi connectivity index (χ4n) is 1.70. The topological polar surface area (TPSA) is 70.8 Å². The van der Waals surface area contributed by atoms with Gasteiger partial charge in [0, 0.05) is 11.4 Å². The summed E-state index contributed by atoms with van der Waals surface area (Å²) in [5, 5.41) is 0. The lowest BCUT2D eigenvalue weighted by molar-refractivity contribution is 0.210. The number of amides is 1. The molecule has 0 fully saturated rings. The molecule has 1 aromatic rings. The number of methoxy groups -OCH3 is 1. The minimum absolute atomic E-state index is 0.367. The number of hydrogen-bond donors (Lipinski definition) is 1. The van der Waals surface area contributed by atoms with Gasteiger partial charge in [0.05, 0.1) is 13.7 Å². The highest BCUT2D eigenvalue weighted by molar-refractivity contribution is 6.17. The molecule has 0 aromatic heterocycles. The van der Waals surface area contributed by atoms with E-state index in [0.717, 1.165) is 12.0 Å². The molecular formula is C13H18ClNO4. The van der Waals surface area contributed by atoms with Gasteiger partial charge in [0.2, 0.25) is 0 Å². The Morgan fingerprint density at radius 1 is 1.37 bits per heavy atom. The van der Waals surface area contributed by atoms with Crippen molar-refractivity contribution in [3.8, 4) is 17.2 Å². The third kappa shape index (κ3) is 3.92. The van der Waals surface area contributed by atoms with Crippen LogP contribution in [-0.4, -0.2) is 25.7 Å². The summed E-state index contributed by atoms with van der Waals surface area (Å²) in [6.07, 6.45) is -0.122. The van der Waals surface area contributed by atoms with E-state index < -0.39 is 6.09 Å². The first-order valence-electron chi connectivity index (χ1n) is 5.85. The van der Waals surface area contributed by atoms with E-state index in [9.17, 15) is 4.79 Å². The Labute approximate surface area is 117 Å². The predicted molar refractivity (Wildman–Crippen MR) is 73.5 cm³/mol. The smallest absolute Gasteiger partial charge is 0.409 e. The molecule has 0 bridgehead atoms. The van der Waals surface area contributed by atoms with Gasteiger partial charge in [0.15, 0.2) is 11.5 Å². The van der Waals surface area contributed by atoms with Crippen LogP contribution in [0, 0.1) is 13.8 Å². The third-order valence-corrected chi connectivity index (χ3v) is 2.83. The Morgan fingerprint density at radius 3 is 2.58 bits per heavy atom. The number of benzene rings is 1. The van der Waals surface area contributed by atoms with Crippen LogP contribution in [0.3, 0.4) is 0 Å². The molecule has 5 nitrogen and oxygen atoms in total. The molecular weight excluding hydrogens is 270 g/mol. The molecule has 0 radical (unpaired) electrons. The molecule has 0 saturated heterocycles. The number of aryl methyl sites for hydroxylation is 1. The van der Waals surface area contributed by atoms with Crippen molar-refractivity contribution < 1.29 is 19.0 Å². The average Bonchev–Trinajstić information content (AvgIpc) is 2.34. The molecule has 0 aliphatic carbocycles. The van der Waals surface area contributed by atoms with Crippen molar-refractivity contribution in [3.05, 3.63) is 17.2 Å². The zero-order valence-electron chi connectivity index (χ0n) is 11.3. The molecule has 0 aliphatic heterocycles. The minimum atomic E-state index is -0.861. The van der Waals surface area contributed by atoms with Crippen LogP contribution in [0.15, 0.2) is 6.07 Å². The second kappa shape index (κ2) is 7.09. The molecule has 1 aromatic carbocycles. The highest BCUT2D eigenvalue weighted by atomic mass is 35.5. The Kier molecular flexibility index (Phi) is 5.76. The number of nitrogens with two attached hydrogens (primary N) is 1. The fraction of sp³-hybridized carbons (Fsp3) is 0.462. The second-order valence-corrected chi connectivity index (χ2v) is 4.37. The van der Waals surface area contributed by atoms with Crippen LogP contribution < -0.4 is 19.9 Å². The molecule has 0 heterocycles. The summed E-state index contributed by atoms with van der Waals surface area (Å²) in [6.45, 7) is 4.10. The van der Waals surface area contributed by atoms with Gasteiger partial charge >= 0.3 is 6.09 Å². The second-order valence-electron chi connectivity index (χ2n) is 3.99. The maximum Gasteiger partial charge on any atom is 0.409 e. The van der Waals surface area contributed by atoms with Crippen molar-refractivity contribution in [2.24, 2.45) is 5.73 Å². The van der Waals surface area contributed by atoms with Gasteiger partial charge in [0.1, 0.15) is 5.75 Å². The lowest BCUT2D eigenvalue weighted by Gasteiger charge is -2.17. The number of rotatable bonds is 6. The van der Waals surface area contributed by atoms with Crippen LogP contribution in [0.4, 0.5) is 4.79 Å². The van der Waals surface area contributed by atoms with Gasteiger partial charge in [-0.2, -0.15) is 0 Å². The van der Waals surface area contributed by atoms with Gasteiger partial charge in [-0.3, -0.25) is 0 Å². The zero-order valence-corrected chi connectivity index (χ0v) is 12.0. The average molecular weight is 288 g/mol. The summed E-state index contributed by atoms with van der Waals surface area (Å²) in [4.78, 5) is 10.8. The molecule has 0 aliphatic rings. The SMILES string of the molecule is COc1c(C)c(OC(N)=O)cc(C)c1OCCCCl. The van der Waals surface area contributed by atoms with Crippen LogP contribution in [0.5, 0.6) is 17.2 Å². The molecule has 2 N–H and O–H groups in total. The van der Waals surface area contributed by atoms with Gasteiger partial charge in [-0.25, -0.2) is 4.79 Å². The maximum atomic E-state index is 10.8. The van der Waals surface area contributed by atoms with Gasteiger partial charge in [-0.1, -0.05) is 0 Å². The third-order valence-electron chi connectivity index (χ3n) is 2.56. The highest BCUT2D eigenvalue weighted by Gasteiger charge is 2.17. The van der Waals surface area contributed by atoms with E-state index in [2.05, 4.69) is 0 Å². The molecule has 1 rings (SSSR count). The highest BCUT2D eigenvalue weighted by Crippen LogP contribution is 2.40. The molecule has 0 saturated carbocycles. The molecule has 0 unspecified atom stereocenters. The Balaban J connectivity index is 3.11. The first-order valence-corrected chi connectivity index (χ1v) is 6.39. The standard InChI is InChI=1S/C13H18ClNO4/c1-8-7-10(19-13(15)16)9(2)12(17-3)11(8)18-6-4-5-14/h7H,4-6H2,1-3H3,(H2,15,16). The van der Waals surface area contributed by atoms with Crippen LogP contribution in [-0.2, 0) is 0 Å². The molecule has 19 heavy (non-hydrogen) atoms. The van der Waals surface area contributed by atoms with Gasteiger partial charge in [-0.05, 0) is 31.9 Å². The summed E-state index contributed by atoms with van der Waals surface area (Å²) >= 11 is 5.61. The Hall–Kier alpha value is -1.62. The van der Waals surface area contributed by atoms with E-state index in [-0.39, 0.29) is 0 Å². The lowest BCUT2D eigenvalue weighted by atomic mass is 10.1. The van der Waals surface area contributed by atoms with E-state index in [1.165, 1.54) is 7.11 Å². The van der Waals surface area contributed by atoms with Crippen molar-refractivity contribution in [2.45, 2.75) is 20.3 Å². The number of primary amides is 1.